The van der Waals surface area contributed by atoms with Gasteiger partial charge in [-0.25, -0.2) is 0 Å². The highest BCUT2D eigenvalue weighted by Gasteiger charge is 2.13. The Morgan fingerprint density at radius 2 is 2.67 bits per heavy atom. The van der Waals surface area contributed by atoms with Crippen LogP contribution in [0, 0.1) is 0 Å². The Morgan fingerprint density at radius 1 is 1.83 bits per heavy atom. The van der Waals surface area contributed by atoms with E-state index in [1.807, 2.05) is 5.38 Å². The van der Waals surface area contributed by atoms with Crippen molar-refractivity contribution in [3.05, 3.63) is 5.38 Å². The standard InChI is InChI=1S/C3HNOS/c1-2-4-3(5-2)6-1/h1H. The lowest BCUT2D eigenvalue weighted by molar-refractivity contribution is 0.404. The Balaban J connectivity index is 2.95. The highest BCUT2D eigenvalue weighted by atomic mass is 32.1. The Bertz CT molecular complexity index is 147. The van der Waals surface area contributed by atoms with Gasteiger partial charge in [-0.15, -0.1) is 0 Å². The molecule has 6 heavy (non-hydrogen) atoms. The van der Waals surface area contributed by atoms with Crippen LogP contribution in [-0.2, 0) is 0 Å². The molecular formula is C3HNOS. The molecular weight excluding hydrogens is 98.1 g/mol. The molecule has 30 valence electrons. The minimum Gasteiger partial charge on any atom is -0.411 e. The molecule has 3 heteroatoms. The van der Waals surface area contributed by atoms with Gasteiger partial charge in [-0.1, -0.05) is 11.3 Å². The van der Waals surface area contributed by atoms with E-state index in [0.29, 0.717) is 0 Å². The summed E-state index contributed by atoms with van der Waals surface area (Å²) in [7, 11) is 0. The second-order valence-electron chi connectivity index (χ2n) is 1.05. The molecule has 0 amide bonds. The fraction of sp³-hybridized carbons (Fsp3) is 0. The molecule has 1 aromatic heterocycles. The molecule has 3 heterocycles. The quantitative estimate of drug-likeness (QED) is 0.496. The van der Waals surface area contributed by atoms with Crippen LogP contribution in [-0.4, -0.2) is 4.98 Å². The van der Waals surface area contributed by atoms with Crippen LogP contribution in [0.4, 0.5) is 0 Å². The first kappa shape index (κ1) is 2.58. The zero-order valence-electron chi connectivity index (χ0n) is 2.84. The molecule has 2 nitrogen and oxygen atoms in total. The Labute approximate surface area is 38.4 Å². The van der Waals surface area contributed by atoms with Gasteiger partial charge < -0.3 is 4.74 Å². The molecule has 0 radical (unpaired) electrons. The summed E-state index contributed by atoms with van der Waals surface area (Å²) in [6.45, 7) is 0. The maximum atomic E-state index is 4.82. The second-order valence-corrected chi connectivity index (χ2v) is 1.87. The van der Waals surface area contributed by atoms with Gasteiger partial charge in [0.1, 0.15) is 0 Å². The average molecular weight is 99.1 g/mol. The third kappa shape index (κ3) is 0.131. The van der Waals surface area contributed by atoms with Crippen LogP contribution < -0.4 is 4.74 Å². The summed E-state index contributed by atoms with van der Waals surface area (Å²) < 4.78 is 4.82. The Morgan fingerprint density at radius 3 is 2.83 bits per heavy atom. The van der Waals surface area contributed by atoms with Crippen molar-refractivity contribution in [1.29, 1.82) is 0 Å². The number of aromatic nitrogens is 1. The number of thiazole rings is 1. The van der Waals surface area contributed by atoms with Gasteiger partial charge in [-0.2, -0.15) is 4.98 Å². The number of rotatable bonds is 0. The maximum absolute atomic E-state index is 4.82. The molecule has 0 aliphatic carbocycles. The van der Waals surface area contributed by atoms with Crippen molar-refractivity contribution in [1.82, 2.24) is 4.98 Å². The van der Waals surface area contributed by atoms with E-state index < -0.39 is 0 Å². The predicted molar refractivity (Wildman–Crippen MR) is 22.2 cm³/mol. The van der Waals surface area contributed by atoms with Crippen LogP contribution in [0.5, 0.6) is 11.1 Å². The summed E-state index contributed by atoms with van der Waals surface area (Å²) in [6, 6.07) is 0. The molecule has 2 aliphatic rings. The van der Waals surface area contributed by atoms with E-state index >= 15 is 0 Å². The molecule has 0 saturated carbocycles. The normalized spacial score (nSPS) is 12.7. The lowest BCUT2D eigenvalue weighted by atomic mass is 10.8. The molecule has 0 aromatic carbocycles. The molecule has 0 N–H and O–H groups in total. The molecule has 2 bridgehead atoms. The van der Waals surface area contributed by atoms with Crippen molar-refractivity contribution in [3.63, 3.8) is 0 Å². The summed E-state index contributed by atoms with van der Waals surface area (Å²) in [6.07, 6.45) is 0. The van der Waals surface area contributed by atoms with E-state index in [0.717, 1.165) is 11.1 Å². The van der Waals surface area contributed by atoms with Crippen molar-refractivity contribution in [2.75, 3.05) is 0 Å². The highest BCUT2D eigenvalue weighted by Crippen LogP contribution is 2.36. The minimum atomic E-state index is 0.773. The highest BCUT2D eigenvalue weighted by molar-refractivity contribution is 7.12. The zero-order chi connectivity index (χ0) is 3.98. The molecule has 1 aromatic rings. The topological polar surface area (TPSA) is 22.1 Å². The van der Waals surface area contributed by atoms with Crippen molar-refractivity contribution in [3.8, 4) is 11.1 Å². The smallest absolute Gasteiger partial charge is 0.283 e. The largest absolute Gasteiger partial charge is 0.411 e. The molecule has 2 aliphatic heterocycles. The molecule has 0 fully saturated rings. The van der Waals surface area contributed by atoms with Crippen molar-refractivity contribution in [2.24, 2.45) is 0 Å². The van der Waals surface area contributed by atoms with Gasteiger partial charge in [-0.3, -0.25) is 0 Å². The lowest BCUT2D eigenvalue weighted by Gasteiger charge is -1.98. The van der Waals surface area contributed by atoms with E-state index in [2.05, 4.69) is 4.98 Å². The Hall–Kier alpha value is -0.570. The van der Waals surface area contributed by atoms with Crippen LogP contribution in [0.25, 0.3) is 0 Å². The summed E-state index contributed by atoms with van der Waals surface area (Å²) in [4.78, 5) is 3.85. The molecule has 0 spiro atoms. The zero-order valence-corrected chi connectivity index (χ0v) is 3.66. The van der Waals surface area contributed by atoms with Crippen LogP contribution in [0.1, 0.15) is 0 Å². The number of nitrogens with zero attached hydrogens (tertiary/aromatic N) is 1. The third-order valence-corrected chi connectivity index (χ3v) is 1.35. The summed E-state index contributed by atoms with van der Waals surface area (Å²) in [5.41, 5.74) is 0. The van der Waals surface area contributed by atoms with E-state index in [9.17, 15) is 0 Å². The summed E-state index contributed by atoms with van der Waals surface area (Å²) in [5.74, 6) is 0.773. The van der Waals surface area contributed by atoms with Gasteiger partial charge in [0.15, 0.2) is 0 Å². The van der Waals surface area contributed by atoms with Gasteiger partial charge in [0.05, 0.1) is 5.38 Å². The molecule has 0 atom stereocenters. The molecule has 0 unspecified atom stereocenters. The second kappa shape index (κ2) is 0.586. The first-order chi connectivity index (χ1) is 2.95. The molecule has 3 rings (SSSR count). The summed E-state index contributed by atoms with van der Waals surface area (Å²) in [5, 5.41) is 2.68. The maximum Gasteiger partial charge on any atom is 0.283 e. The van der Waals surface area contributed by atoms with Gasteiger partial charge in [-0.05, 0) is 0 Å². The van der Waals surface area contributed by atoms with Gasteiger partial charge >= 0.3 is 0 Å². The van der Waals surface area contributed by atoms with Crippen LogP contribution in [0.3, 0.4) is 0 Å². The van der Waals surface area contributed by atoms with Crippen LogP contribution >= 0.6 is 11.3 Å². The van der Waals surface area contributed by atoms with Crippen molar-refractivity contribution in [2.45, 2.75) is 0 Å². The van der Waals surface area contributed by atoms with Crippen molar-refractivity contribution >= 4 is 11.3 Å². The van der Waals surface area contributed by atoms with Gasteiger partial charge in [0.25, 0.3) is 5.19 Å². The number of hydrogen-bond acceptors (Lipinski definition) is 3. The number of hydrogen-bond donors (Lipinski definition) is 0. The monoisotopic (exact) mass is 99.0 g/mol. The number of ether oxygens (including phenoxy) is 1. The first-order valence-electron chi connectivity index (χ1n) is 1.58. The van der Waals surface area contributed by atoms with Gasteiger partial charge in [0.2, 0.25) is 5.88 Å². The average Bonchev–Trinajstić information content (AvgIpc) is 1.72. The minimum absolute atomic E-state index is 0.773. The summed E-state index contributed by atoms with van der Waals surface area (Å²) >= 11 is 1.54. The SMILES string of the molecule is c1sc2nc1O2. The van der Waals surface area contributed by atoms with Gasteiger partial charge in [0, 0.05) is 0 Å². The predicted octanol–water partition coefficient (Wildman–Crippen LogP) is 1.25. The van der Waals surface area contributed by atoms with Crippen LogP contribution in [0.15, 0.2) is 5.38 Å². The fourth-order valence-corrected chi connectivity index (χ4v) is 0.966. The van der Waals surface area contributed by atoms with E-state index in [-0.39, 0.29) is 0 Å². The van der Waals surface area contributed by atoms with E-state index in [1.54, 1.807) is 0 Å². The van der Waals surface area contributed by atoms with Crippen LogP contribution in [0.2, 0.25) is 0 Å². The number of fused-ring (bicyclic) bond motifs is 1. The van der Waals surface area contributed by atoms with E-state index in [1.165, 1.54) is 11.3 Å². The lowest BCUT2D eigenvalue weighted by Crippen LogP contribution is -1.89. The first-order valence-corrected chi connectivity index (χ1v) is 2.46. The Kier molecular flexibility index (Phi) is 0.252. The fourth-order valence-electron chi connectivity index (χ4n) is 0.388. The molecule has 0 saturated heterocycles. The van der Waals surface area contributed by atoms with E-state index in [4.69, 9.17) is 4.74 Å². The van der Waals surface area contributed by atoms with Crippen molar-refractivity contribution < 1.29 is 4.74 Å². The third-order valence-electron chi connectivity index (χ3n) is 0.654.